The molecule has 3 amide bonds. The number of Topliss-reactive ketones (excluding diaryl/α,β-unsaturated/α-hetero) is 1. The number of unbranched alkanes of at least 4 members (excludes halogenated alkanes) is 1. The van der Waals surface area contributed by atoms with Crippen molar-refractivity contribution >= 4 is 29.5 Å². The van der Waals surface area contributed by atoms with Crippen LogP contribution in [0.1, 0.15) is 42.4 Å². The number of hydrogen-bond acceptors (Lipinski definition) is 18. The molecule has 2 aromatic rings. The number of ketones is 1. The third kappa shape index (κ3) is 39.6. The van der Waals surface area contributed by atoms with Crippen LogP contribution in [0.15, 0.2) is 54.6 Å². The molecule has 2 aromatic carbocycles. The summed E-state index contributed by atoms with van der Waals surface area (Å²) in [5, 5.41) is 7.91. The van der Waals surface area contributed by atoms with E-state index in [1.54, 1.807) is 14.2 Å². The smallest absolute Gasteiger partial charge is 0.308 e. The molecule has 0 aliphatic heterocycles. The largest absolute Gasteiger partial charge is 0.458 e. The average molecular weight is 1040 g/mol. The van der Waals surface area contributed by atoms with Crippen LogP contribution in [0.4, 0.5) is 0 Å². The molecule has 21 heteroatoms. The lowest BCUT2D eigenvalue weighted by Gasteiger charge is -2.19. The van der Waals surface area contributed by atoms with E-state index in [4.69, 9.17) is 61.6 Å². The molecule has 1 atom stereocenters. The predicted octanol–water partition coefficient (Wildman–Crippen LogP) is 1.86. The number of carbonyl (C=O) groups is 5. The van der Waals surface area contributed by atoms with E-state index in [2.05, 4.69) is 40.2 Å². The first-order chi connectivity index (χ1) is 35.8. The number of aryl methyl sites for hydroxylation is 2. The molecule has 0 fully saturated rings. The van der Waals surface area contributed by atoms with Crippen molar-refractivity contribution in [1.82, 2.24) is 16.0 Å². The molecule has 21 nitrogen and oxygen atoms in total. The lowest BCUT2D eigenvalue weighted by Crippen LogP contribution is -2.49. The second-order valence-electron chi connectivity index (χ2n) is 16.2. The van der Waals surface area contributed by atoms with Crippen LogP contribution in [-0.4, -0.2) is 215 Å². The first-order valence-electron chi connectivity index (χ1n) is 25.2. The molecule has 0 bridgehead atoms. The van der Waals surface area contributed by atoms with Crippen molar-refractivity contribution < 1.29 is 85.6 Å². The van der Waals surface area contributed by atoms with Crippen LogP contribution in [0.3, 0.4) is 0 Å². The molecule has 0 radical (unpaired) electrons. The topological polar surface area (TPSA) is 241 Å². The molecule has 3 N–H and O–H groups in total. The zero-order valence-electron chi connectivity index (χ0n) is 43.2. The Balaban J connectivity index is 1.66. The molecule has 73 heavy (non-hydrogen) atoms. The second-order valence-corrected chi connectivity index (χ2v) is 16.2. The van der Waals surface area contributed by atoms with Crippen LogP contribution < -0.4 is 16.0 Å². The fourth-order valence-electron chi connectivity index (χ4n) is 6.33. The number of hydrogen-bond donors (Lipinski definition) is 3. The van der Waals surface area contributed by atoms with Crippen LogP contribution in [0.5, 0.6) is 0 Å². The maximum atomic E-state index is 13.2. The van der Waals surface area contributed by atoms with Gasteiger partial charge in [0.15, 0.2) is 5.78 Å². The highest BCUT2D eigenvalue weighted by molar-refractivity contribution is 5.88. The monoisotopic (exact) mass is 1040 g/mol. The first kappa shape index (κ1) is 64.6. The van der Waals surface area contributed by atoms with Crippen molar-refractivity contribution in [2.24, 2.45) is 0 Å². The van der Waals surface area contributed by atoms with E-state index in [-0.39, 0.29) is 77.8 Å². The average Bonchev–Trinajstić information content (AvgIpc) is 3.39. The van der Waals surface area contributed by atoms with Crippen molar-refractivity contribution in [3.63, 3.8) is 0 Å². The molecule has 0 saturated heterocycles. The second kappa shape index (κ2) is 47.2. The first-order valence-corrected chi connectivity index (χ1v) is 25.2. The van der Waals surface area contributed by atoms with Gasteiger partial charge >= 0.3 is 5.97 Å². The quantitative estimate of drug-likeness (QED) is 0.0633. The summed E-state index contributed by atoms with van der Waals surface area (Å²) < 4.78 is 69.1. The highest BCUT2D eigenvalue weighted by atomic mass is 16.6. The van der Waals surface area contributed by atoms with Crippen LogP contribution in [0.2, 0.25) is 0 Å². The molecule has 0 saturated carbocycles. The number of esters is 1. The summed E-state index contributed by atoms with van der Waals surface area (Å²) in [6.45, 7) is 6.73. The van der Waals surface area contributed by atoms with Gasteiger partial charge in [0, 0.05) is 33.7 Å². The standard InChI is InChI=1S/C52H83N3O18/c1-61-20-22-63-24-26-65-28-30-67-32-34-69-36-38-71-42-49(57)53-18-16-48(55-50(58)43-72-39-37-70-35-33-68-31-29-66-27-25-64-23-21-62-2)52(60)54-19-17-51(59)73-41-47(56)40-46-14-12-45(13-15-46)11-7-6-10-44-8-4-3-5-9-44/h3-5,8-9,12-15,48H,6-7,10-11,16-43H2,1-2H3,(H,53,57)(H,54,60)(H,55,58)/t48-/m0/s1. The van der Waals surface area contributed by atoms with Crippen LogP contribution in [0, 0.1) is 0 Å². The molecule has 0 aliphatic carbocycles. The summed E-state index contributed by atoms with van der Waals surface area (Å²) in [6.07, 6.45) is 4.06. The summed E-state index contributed by atoms with van der Waals surface area (Å²) in [5.41, 5.74) is 3.35. The van der Waals surface area contributed by atoms with Gasteiger partial charge < -0.3 is 77.5 Å². The van der Waals surface area contributed by atoms with Crippen molar-refractivity contribution in [3.05, 3.63) is 71.3 Å². The summed E-state index contributed by atoms with van der Waals surface area (Å²) in [6, 6.07) is 17.2. The number of rotatable bonds is 51. The lowest BCUT2D eigenvalue weighted by molar-refractivity contribution is -0.147. The van der Waals surface area contributed by atoms with E-state index in [0.717, 1.165) is 31.2 Å². The third-order valence-electron chi connectivity index (χ3n) is 10.2. The Kier molecular flexibility index (Phi) is 41.8. The summed E-state index contributed by atoms with van der Waals surface area (Å²) in [5.74, 6) is -2.53. The maximum absolute atomic E-state index is 13.2. The minimum absolute atomic E-state index is 0.0180. The highest BCUT2D eigenvalue weighted by Gasteiger charge is 2.21. The highest BCUT2D eigenvalue weighted by Crippen LogP contribution is 2.11. The Labute approximate surface area is 431 Å². The van der Waals surface area contributed by atoms with Crippen LogP contribution >= 0.6 is 0 Å². The van der Waals surface area contributed by atoms with Gasteiger partial charge in [-0.3, -0.25) is 24.0 Å². The normalized spacial score (nSPS) is 11.6. The fourth-order valence-corrected chi connectivity index (χ4v) is 6.33. The Hall–Kier alpha value is -4.49. The van der Waals surface area contributed by atoms with E-state index in [0.29, 0.717) is 106 Å². The number of nitrogens with one attached hydrogen (secondary N) is 3. The third-order valence-corrected chi connectivity index (χ3v) is 10.2. The van der Waals surface area contributed by atoms with Gasteiger partial charge in [-0.2, -0.15) is 0 Å². The van der Waals surface area contributed by atoms with Gasteiger partial charge in [0.2, 0.25) is 17.7 Å². The zero-order chi connectivity index (χ0) is 52.5. The van der Waals surface area contributed by atoms with Gasteiger partial charge in [0.1, 0.15) is 25.9 Å². The molecular formula is C52H83N3O18. The van der Waals surface area contributed by atoms with E-state index in [1.807, 2.05) is 30.3 Å². The maximum Gasteiger partial charge on any atom is 0.308 e. The minimum Gasteiger partial charge on any atom is -0.458 e. The molecule has 0 spiro atoms. The Morgan fingerprint density at radius 3 is 1.32 bits per heavy atom. The summed E-state index contributed by atoms with van der Waals surface area (Å²) in [4.78, 5) is 63.6. The van der Waals surface area contributed by atoms with Crippen molar-refractivity contribution in [1.29, 1.82) is 0 Å². The van der Waals surface area contributed by atoms with E-state index < -0.39 is 36.3 Å². The van der Waals surface area contributed by atoms with Crippen LogP contribution in [-0.2, 0) is 105 Å². The number of carbonyl (C=O) groups excluding carboxylic acids is 5. The SMILES string of the molecule is COCCOCCOCCOCCOCCOCC(=O)NCC[C@H](NC(=O)COCCOCCOCCOCCOCCOC)C(=O)NCCC(=O)OCC(=O)Cc1ccc(CCCCc2ccccc2)cc1. The molecule has 0 aliphatic rings. The van der Waals surface area contributed by atoms with E-state index >= 15 is 0 Å². The Morgan fingerprint density at radius 2 is 0.849 bits per heavy atom. The molecule has 2 rings (SSSR count). The summed E-state index contributed by atoms with van der Waals surface area (Å²) in [7, 11) is 3.23. The Morgan fingerprint density at radius 1 is 0.438 bits per heavy atom. The summed E-state index contributed by atoms with van der Waals surface area (Å²) >= 11 is 0. The van der Waals surface area contributed by atoms with E-state index in [1.165, 1.54) is 11.1 Å². The lowest BCUT2D eigenvalue weighted by atomic mass is 10.0. The fraction of sp³-hybridized carbons (Fsp3) is 0.673. The molecule has 414 valence electrons. The van der Waals surface area contributed by atoms with Gasteiger partial charge in [-0.15, -0.1) is 0 Å². The number of ether oxygens (including phenoxy) is 13. The van der Waals surface area contributed by atoms with Gasteiger partial charge in [-0.1, -0.05) is 54.6 Å². The number of amides is 3. The van der Waals surface area contributed by atoms with Crippen molar-refractivity contribution in [3.8, 4) is 0 Å². The van der Waals surface area contributed by atoms with Crippen molar-refractivity contribution in [2.45, 2.75) is 51.0 Å². The molecule has 0 aromatic heterocycles. The zero-order valence-corrected chi connectivity index (χ0v) is 43.2. The van der Waals surface area contributed by atoms with Gasteiger partial charge in [0.05, 0.1) is 139 Å². The van der Waals surface area contributed by atoms with Gasteiger partial charge in [-0.25, -0.2) is 0 Å². The predicted molar refractivity (Wildman–Crippen MR) is 268 cm³/mol. The Bertz CT molecular complexity index is 1680. The molecule has 0 unspecified atom stereocenters. The van der Waals surface area contributed by atoms with Gasteiger partial charge in [-0.05, 0) is 48.8 Å². The molecular weight excluding hydrogens is 955 g/mol. The van der Waals surface area contributed by atoms with Crippen molar-refractivity contribution in [2.75, 3.05) is 179 Å². The molecule has 0 heterocycles. The minimum atomic E-state index is -1.08. The van der Waals surface area contributed by atoms with E-state index in [9.17, 15) is 24.0 Å². The van der Waals surface area contributed by atoms with Crippen LogP contribution in [0.25, 0.3) is 0 Å². The van der Waals surface area contributed by atoms with Gasteiger partial charge in [0.25, 0.3) is 0 Å². The number of benzene rings is 2. The number of methoxy groups -OCH3 is 2.